The SMILES string of the molecule is Cc1c(OCC(F)(F)F)ccnc1CS(=O)c1nc2ccc(Nc3ccc4nc(S(=O)Cc5nccc(OCC(F)(F)F)c5C)[nH]c4c3)cc2[nH]1. The number of hydrogen-bond acceptors (Lipinski definition) is 9. The van der Waals surface area contributed by atoms with E-state index in [0.717, 1.165) is 0 Å². The zero-order chi connectivity index (χ0) is 36.5. The van der Waals surface area contributed by atoms with Crippen LogP contribution in [0.5, 0.6) is 11.5 Å². The van der Waals surface area contributed by atoms with Crippen molar-refractivity contribution in [3.8, 4) is 11.5 Å². The molecular weight excluding hydrogens is 725 g/mol. The summed E-state index contributed by atoms with van der Waals surface area (Å²) in [5.41, 5.74) is 4.86. The van der Waals surface area contributed by atoms with Crippen LogP contribution in [0.1, 0.15) is 22.5 Å². The number of alkyl halides is 6. The van der Waals surface area contributed by atoms with Gasteiger partial charge < -0.3 is 24.8 Å². The van der Waals surface area contributed by atoms with Crippen molar-refractivity contribution in [1.82, 2.24) is 29.9 Å². The lowest BCUT2D eigenvalue weighted by atomic mass is 10.2. The molecule has 0 aliphatic rings. The van der Waals surface area contributed by atoms with E-state index in [0.29, 0.717) is 56.0 Å². The number of pyridine rings is 2. The highest BCUT2D eigenvalue weighted by Crippen LogP contribution is 2.28. The summed E-state index contributed by atoms with van der Waals surface area (Å²) in [6, 6.07) is 13.1. The molecule has 11 nitrogen and oxygen atoms in total. The Morgan fingerprint density at radius 3 is 1.47 bits per heavy atom. The summed E-state index contributed by atoms with van der Waals surface area (Å²) < 4.78 is 112. The summed E-state index contributed by atoms with van der Waals surface area (Å²) in [4.78, 5) is 23.2. The standard InChI is InChI=1S/C32H27F6N7O4S2/c1-17-25(39-9-7-27(17)48-15-31(33,34)35)13-50(46)29-42-21-5-3-19(11-23(21)44-29)41-20-4-6-22-24(12-20)45-30(43-22)51(47)14-26-18(2)28(8-10-40-26)49-16-32(36,37)38/h3-12,41H,13-16H2,1-2H3,(H,42,44)(H,43,45). The number of benzene rings is 2. The number of halogens is 6. The van der Waals surface area contributed by atoms with Gasteiger partial charge in [0.25, 0.3) is 0 Å². The Kier molecular flexibility index (Phi) is 10.0. The number of aromatic nitrogens is 6. The van der Waals surface area contributed by atoms with Crippen LogP contribution in [0.3, 0.4) is 0 Å². The summed E-state index contributed by atoms with van der Waals surface area (Å²) >= 11 is 0. The second kappa shape index (κ2) is 14.3. The Morgan fingerprint density at radius 2 is 1.08 bits per heavy atom. The van der Waals surface area contributed by atoms with Gasteiger partial charge in [-0.3, -0.25) is 18.4 Å². The second-order valence-electron chi connectivity index (χ2n) is 11.2. The Balaban J connectivity index is 1.12. The molecule has 0 fully saturated rings. The first-order valence-corrected chi connectivity index (χ1v) is 17.6. The number of nitrogens with one attached hydrogen (secondary N) is 3. The number of rotatable bonds is 12. The number of aromatic amines is 2. The lowest BCUT2D eigenvalue weighted by molar-refractivity contribution is -0.154. The molecule has 4 aromatic heterocycles. The first-order valence-electron chi connectivity index (χ1n) is 14.9. The maximum atomic E-state index is 13.2. The van der Waals surface area contributed by atoms with Crippen LogP contribution in [0.15, 0.2) is 71.2 Å². The molecule has 6 aromatic rings. The van der Waals surface area contributed by atoms with Crippen LogP contribution in [0.25, 0.3) is 22.1 Å². The van der Waals surface area contributed by atoms with Gasteiger partial charge in [-0.05, 0) is 62.4 Å². The number of fused-ring (bicyclic) bond motifs is 2. The monoisotopic (exact) mass is 751 g/mol. The van der Waals surface area contributed by atoms with Crippen LogP contribution < -0.4 is 14.8 Å². The van der Waals surface area contributed by atoms with Crippen molar-refractivity contribution in [2.75, 3.05) is 18.5 Å². The second-order valence-corrected chi connectivity index (χ2v) is 14.0. The average Bonchev–Trinajstić information content (AvgIpc) is 3.69. The molecule has 3 N–H and O–H groups in total. The fraction of sp³-hybridized carbons (Fsp3) is 0.250. The van der Waals surface area contributed by atoms with E-state index in [1.54, 1.807) is 50.2 Å². The van der Waals surface area contributed by atoms with E-state index in [1.807, 2.05) is 0 Å². The molecule has 2 aromatic carbocycles. The van der Waals surface area contributed by atoms with Gasteiger partial charge in [0.15, 0.2) is 23.5 Å². The molecule has 0 amide bonds. The van der Waals surface area contributed by atoms with Gasteiger partial charge in [0.05, 0.1) is 66.6 Å². The quantitative estimate of drug-likeness (QED) is 0.112. The number of imidazole rings is 2. The lowest BCUT2D eigenvalue weighted by Crippen LogP contribution is -2.20. The van der Waals surface area contributed by atoms with Crippen molar-refractivity contribution >= 4 is 55.0 Å². The van der Waals surface area contributed by atoms with Gasteiger partial charge in [0, 0.05) is 34.9 Å². The maximum Gasteiger partial charge on any atom is 0.422 e. The third kappa shape index (κ3) is 8.83. The van der Waals surface area contributed by atoms with Crippen molar-refractivity contribution in [1.29, 1.82) is 0 Å². The summed E-state index contributed by atoms with van der Waals surface area (Å²) in [5, 5.41) is 3.59. The highest BCUT2D eigenvalue weighted by molar-refractivity contribution is 7.84. The van der Waals surface area contributed by atoms with Gasteiger partial charge in [0.1, 0.15) is 11.5 Å². The molecule has 0 radical (unpaired) electrons. The molecule has 0 aliphatic carbocycles. The number of nitrogens with zero attached hydrogens (tertiary/aromatic N) is 4. The predicted octanol–water partition coefficient (Wildman–Crippen LogP) is 7.09. The molecule has 0 saturated heterocycles. The Morgan fingerprint density at radius 1 is 0.667 bits per heavy atom. The van der Waals surface area contributed by atoms with E-state index in [1.165, 1.54) is 24.5 Å². The Bertz CT molecular complexity index is 2120. The molecule has 2 unspecified atom stereocenters. The minimum absolute atomic E-state index is 0.00188. The van der Waals surface area contributed by atoms with Crippen molar-refractivity contribution in [2.45, 2.75) is 48.0 Å². The first-order chi connectivity index (χ1) is 24.1. The highest BCUT2D eigenvalue weighted by Gasteiger charge is 2.30. The number of anilines is 2. The Labute approximate surface area is 290 Å². The van der Waals surface area contributed by atoms with Crippen molar-refractivity contribution in [3.05, 3.63) is 83.4 Å². The van der Waals surface area contributed by atoms with Crippen LogP contribution >= 0.6 is 0 Å². The van der Waals surface area contributed by atoms with E-state index in [9.17, 15) is 34.8 Å². The van der Waals surface area contributed by atoms with Gasteiger partial charge in [-0.25, -0.2) is 9.97 Å². The zero-order valence-electron chi connectivity index (χ0n) is 26.6. The summed E-state index contributed by atoms with van der Waals surface area (Å²) in [6.45, 7) is 0.182. The minimum atomic E-state index is -4.50. The third-order valence-electron chi connectivity index (χ3n) is 7.48. The largest absolute Gasteiger partial charge is 0.484 e. The van der Waals surface area contributed by atoms with Gasteiger partial charge in [-0.2, -0.15) is 26.3 Å². The van der Waals surface area contributed by atoms with Gasteiger partial charge >= 0.3 is 12.4 Å². The fourth-order valence-corrected chi connectivity index (χ4v) is 7.14. The van der Waals surface area contributed by atoms with E-state index in [4.69, 9.17) is 9.47 Å². The van der Waals surface area contributed by atoms with E-state index in [2.05, 4.69) is 35.2 Å². The number of hydrogen-bond donors (Lipinski definition) is 3. The normalized spacial score (nSPS) is 13.4. The minimum Gasteiger partial charge on any atom is -0.484 e. The molecule has 268 valence electrons. The van der Waals surface area contributed by atoms with E-state index in [-0.39, 0.29) is 33.3 Å². The van der Waals surface area contributed by atoms with Crippen molar-refractivity contribution in [3.63, 3.8) is 0 Å². The summed E-state index contributed by atoms with van der Waals surface area (Å²) in [5.74, 6) is -0.199. The van der Waals surface area contributed by atoms with Crippen molar-refractivity contribution in [2.24, 2.45) is 0 Å². The molecule has 19 heteroatoms. The predicted molar refractivity (Wildman–Crippen MR) is 177 cm³/mol. The van der Waals surface area contributed by atoms with Crippen molar-refractivity contribution < 1.29 is 44.2 Å². The van der Waals surface area contributed by atoms with Crippen LogP contribution in [0, 0.1) is 13.8 Å². The molecule has 6 rings (SSSR count). The zero-order valence-corrected chi connectivity index (χ0v) is 28.2. The van der Waals surface area contributed by atoms with Crippen LogP contribution in [0.4, 0.5) is 37.7 Å². The smallest absolute Gasteiger partial charge is 0.422 e. The maximum absolute atomic E-state index is 13.2. The molecule has 0 spiro atoms. The van der Waals surface area contributed by atoms with Crippen LogP contribution in [0.2, 0.25) is 0 Å². The van der Waals surface area contributed by atoms with Crippen LogP contribution in [-0.2, 0) is 33.1 Å². The first kappa shape index (κ1) is 35.8. The van der Waals surface area contributed by atoms with E-state index < -0.39 is 47.2 Å². The topological polar surface area (TPSA) is 148 Å². The highest BCUT2D eigenvalue weighted by atomic mass is 32.2. The molecule has 0 bridgehead atoms. The molecule has 51 heavy (non-hydrogen) atoms. The fourth-order valence-electron chi connectivity index (χ4n) is 4.94. The van der Waals surface area contributed by atoms with Gasteiger partial charge in [-0.15, -0.1) is 0 Å². The van der Waals surface area contributed by atoms with Gasteiger partial charge in [-0.1, -0.05) is 0 Å². The number of H-pyrrole nitrogens is 2. The average molecular weight is 752 g/mol. The number of ether oxygens (including phenoxy) is 2. The lowest BCUT2D eigenvalue weighted by Gasteiger charge is -2.13. The Hall–Kier alpha value is -5.04. The molecular formula is C32H27F6N7O4S2. The molecule has 0 aliphatic heterocycles. The van der Waals surface area contributed by atoms with Gasteiger partial charge in [0.2, 0.25) is 0 Å². The summed E-state index contributed by atoms with van der Waals surface area (Å²) in [7, 11) is -3.41. The third-order valence-corrected chi connectivity index (χ3v) is 9.80. The van der Waals surface area contributed by atoms with E-state index >= 15 is 0 Å². The summed E-state index contributed by atoms with van der Waals surface area (Å²) in [6.07, 6.45) is -6.42. The molecule has 2 atom stereocenters. The van der Waals surface area contributed by atoms with Crippen LogP contribution in [-0.4, -0.2) is 63.9 Å². The molecule has 4 heterocycles. The molecule has 0 saturated carbocycles.